The predicted molar refractivity (Wildman–Crippen MR) is 112 cm³/mol. The fourth-order valence-corrected chi connectivity index (χ4v) is 4.34. The SMILES string of the molecule is CCCc1nnc2n1N[C@H](c1ccc(C)cc1)[C@@H](C(=O)Nc1ccccc1)S2. The largest absolute Gasteiger partial charge is 0.325 e. The second kappa shape index (κ2) is 8.06. The molecule has 2 aromatic carbocycles. The van der Waals surface area contributed by atoms with E-state index in [-0.39, 0.29) is 17.2 Å². The minimum absolute atomic E-state index is 0.0550. The van der Waals surface area contributed by atoms with Crippen LogP contribution in [-0.4, -0.2) is 26.0 Å². The van der Waals surface area contributed by atoms with Gasteiger partial charge in [0.2, 0.25) is 11.1 Å². The molecule has 144 valence electrons. The Labute approximate surface area is 168 Å². The third-order valence-electron chi connectivity index (χ3n) is 4.71. The molecule has 0 saturated heterocycles. The van der Waals surface area contributed by atoms with Crippen LogP contribution < -0.4 is 10.7 Å². The maximum atomic E-state index is 13.1. The first kappa shape index (κ1) is 18.6. The van der Waals surface area contributed by atoms with Crippen LogP contribution in [0.15, 0.2) is 59.8 Å². The lowest BCUT2D eigenvalue weighted by atomic mass is 10.0. The number of rotatable bonds is 5. The van der Waals surface area contributed by atoms with Crippen molar-refractivity contribution in [2.45, 2.75) is 43.1 Å². The van der Waals surface area contributed by atoms with Crippen LogP contribution in [0.4, 0.5) is 5.69 Å². The second-order valence-electron chi connectivity index (χ2n) is 6.90. The molecule has 2 atom stereocenters. The van der Waals surface area contributed by atoms with Crippen LogP contribution in [0, 0.1) is 6.92 Å². The summed E-state index contributed by atoms with van der Waals surface area (Å²) in [5.74, 6) is 0.838. The summed E-state index contributed by atoms with van der Waals surface area (Å²) < 4.78 is 1.94. The molecule has 0 spiro atoms. The Morgan fingerprint density at radius 2 is 1.89 bits per heavy atom. The number of aryl methyl sites for hydroxylation is 2. The van der Waals surface area contributed by atoms with E-state index in [9.17, 15) is 4.79 Å². The van der Waals surface area contributed by atoms with Crippen molar-refractivity contribution in [1.82, 2.24) is 14.9 Å². The highest BCUT2D eigenvalue weighted by Gasteiger charge is 2.37. The number of nitrogens with one attached hydrogen (secondary N) is 2. The van der Waals surface area contributed by atoms with E-state index in [0.717, 1.165) is 35.1 Å². The highest BCUT2D eigenvalue weighted by molar-refractivity contribution is 8.00. The van der Waals surface area contributed by atoms with Gasteiger partial charge in [-0.15, -0.1) is 10.2 Å². The molecular weight excluding hydrogens is 370 g/mol. The number of anilines is 1. The number of carbonyl (C=O) groups excluding carboxylic acids is 1. The maximum Gasteiger partial charge on any atom is 0.240 e. The number of thioether (sulfide) groups is 1. The van der Waals surface area contributed by atoms with E-state index < -0.39 is 0 Å². The smallest absolute Gasteiger partial charge is 0.240 e. The zero-order valence-corrected chi connectivity index (χ0v) is 16.7. The Morgan fingerprint density at radius 3 is 2.61 bits per heavy atom. The maximum absolute atomic E-state index is 13.1. The number of carbonyl (C=O) groups is 1. The van der Waals surface area contributed by atoms with Crippen molar-refractivity contribution in [1.29, 1.82) is 0 Å². The fraction of sp³-hybridized carbons (Fsp3) is 0.286. The van der Waals surface area contributed by atoms with E-state index in [2.05, 4.69) is 59.1 Å². The van der Waals surface area contributed by atoms with Crippen LogP contribution in [0.25, 0.3) is 0 Å². The van der Waals surface area contributed by atoms with E-state index in [4.69, 9.17) is 0 Å². The number of benzene rings is 2. The molecule has 1 aliphatic heterocycles. The number of amides is 1. The van der Waals surface area contributed by atoms with E-state index in [1.54, 1.807) is 0 Å². The lowest BCUT2D eigenvalue weighted by Crippen LogP contribution is -2.41. The standard InChI is InChI=1S/C21H23N5OS/c1-3-7-17-23-24-21-26(17)25-18(15-12-10-14(2)11-13-15)19(28-21)20(27)22-16-8-5-4-6-9-16/h4-6,8-13,18-19,25H,3,7H2,1-2H3,(H,22,27)/t18-,19+/m1/s1. The molecule has 0 aliphatic carbocycles. The highest BCUT2D eigenvalue weighted by atomic mass is 32.2. The van der Waals surface area contributed by atoms with Gasteiger partial charge in [0.1, 0.15) is 5.25 Å². The van der Waals surface area contributed by atoms with E-state index >= 15 is 0 Å². The molecule has 0 fully saturated rings. The van der Waals surface area contributed by atoms with Crippen molar-refractivity contribution in [3.63, 3.8) is 0 Å². The first-order valence-corrected chi connectivity index (χ1v) is 10.3. The molecule has 4 rings (SSSR count). The van der Waals surface area contributed by atoms with Gasteiger partial charge in [0.05, 0.1) is 6.04 Å². The number of hydrogen-bond donors (Lipinski definition) is 2. The van der Waals surface area contributed by atoms with Crippen molar-refractivity contribution in [3.05, 3.63) is 71.5 Å². The summed E-state index contributed by atoms with van der Waals surface area (Å²) in [6.45, 7) is 4.18. The molecule has 1 aromatic heterocycles. The average molecular weight is 394 g/mol. The van der Waals surface area contributed by atoms with Crippen LogP contribution in [-0.2, 0) is 11.2 Å². The van der Waals surface area contributed by atoms with Gasteiger partial charge in [0.15, 0.2) is 5.82 Å². The van der Waals surface area contributed by atoms with Crippen LogP contribution in [0.3, 0.4) is 0 Å². The lowest BCUT2D eigenvalue weighted by molar-refractivity contribution is -0.116. The summed E-state index contributed by atoms with van der Waals surface area (Å²) in [6, 6.07) is 17.6. The Morgan fingerprint density at radius 1 is 1.14 bits per heavy atom. The number of nitrogens with zero attached hydrogens (tertiary/aromatic N) is 3. The molecule has 28 heavy (non-hydrogen) atoms. The second-order valence-corrected chi connectivity index (χ2v) is 8.00. The van der Waals surface area contributed by atoms with Gasteiger partial charge in [0, 0.05) is 12.1 Å². The summed E-state index contributed by atoms with van der Waals surface area (Å²) in [5.41, 5.74) is 6.53. The van der Waals surface area contributed by atoms with Crippen molar-refractivity contribution < 1.29 is 4.79 Å². The molecule has 0 unspecified atom stereocenters. The summed E-state index contributed by atoms with van der Waals surface area (Å²) >= 11 is 1.45. The van der Waals surface area contributed by atoms with Crippen LogP contribution >= 0.6 is 11.8 Å². The van der Waals surface area contributed by atoms with Gasteiger partial charge in [-0.25, -0.2) is 4.68 Å². The molecule has 2 heterocycles. The van der Waals surface area contributed by atoms with Gasteiger partial charge in [-0.05, 0) is 31.0 Å². The van der Waals surface area contributed by atoms with Gasteiger partial charge in [0.25, 0.3) is 0 Å². The van der Waals surface area contributed by atoms with E-state index in [1.807, 2.05) is 35.0 Å². The minimum Gasteiger partial charge on any atom is -0.325 e. The molecule has 3 aromatic rings. The summed E-state index contributed by atoms with van der Waals surface area (Å²) in [5, 5.41) is 12.0. The Kier molecular flexibility index (Phi) is 5.34. The molecule has 0 saturated carbocycles. The van der Waals surface area contributed by atoms with Crippen molar-refractivity contribution in [3.8, 4) is 0 Å². The normalized spacial score (nSPS) is 18.2. The first-order chi connectivity index (χ1) is 13.7. The van der Waals surface area contributed by atoms with Gasteiger partial charge < -0.3 is 10.7 Å². The monoisotopic (exact) mass is 393 g/mol. The van der Waals surface area contributed by atoms with Gasteiger partial charge in [-0.3, -0.25) is 4.79 Å². The quantitative estimate of drug-likeness (QED) is 0.687. The fourth-order valence-electron chi connectivity index (χ4n) is 3.24. The number of fused-ring (bicyclic) bond motifs is 1. The van der Waals surface area contributed by atoms with Crippen molar-refractivity contribution in [2.75, 3.05) is 10.7 Å². The molecule has 0 bridgehead atoms. The molecule has 2 N–H and O–H groups in total. The molecule has 6 nitrogen and oxygen atoms in total. The van der Waals surface area contributed by atoms with Crippen LogP contribution in [0.2, 0.25) is 0 Å². The number of hydrogen-bond acceptors (Lipinski definition) is 5. The van der Waals surface area contributed by atoms with E-state index in [1.165, 1.54) is 17.3 Å². The first-order valence-electron chi connectivity index (χ1n) is 9.45. The minimum atomic E-state index is -0.367. The third kappa shape index (κ3) is 3.75. The Balaban J connectivity index is 1.66. The zero-order valence-electron chi connectivity index (χ0n) is 15.9. The lowest BCUT2D eigenvalue weighted by Gasteiger charge is -2.33. The molecule has 1 aliphatic rings. The van der Waals surface area contributed by atoms with Crippen LogP contribution in [0.1, 0.15) is 36.3 Å². The summed E-state index contributed by atoms with van der Waals surface area (Å²) in [4.78, 5) is 13.1. The Hall–Kier alpha value is -2.80. The molecule has 1 amide bonds. The predicted octanol–water partition coefficient (Wildman–Crippen LogP) is 3.94. The van der Waals surface area contributed by atoms with E-state index in [0.29, 0.717) is 0 Å². The summed E-state index contributed by atoms with van der Waals surface area (Å²) in [6.07, 6.45) is 1.82. The van der Waals surface area contributed by atoms with Crippen molar-refractivity contribution in [2.24, 2.45) is 0 Å². The van der Waals surface area contributed by atoms with Gasteiger partial charge >= 0.3 is 0 Å². The topological polar surface area (TPSA) is 71.8 Å². The molecule has 7 heteroatoms. The zero-order chi connectivity index (χ0) is 19.5. The van der Waals surface area contributed by atoms with Crippen LogP contribution in [0.5, 0.6) is 0 Å². The Bertz CT molecular complexity index is 955. The average Bonchev–Trinajstić information content (AvgIpc) is 3.11. The van der Waals surface area contributed by atoms with Gasteiger partial charge in [-0.1, -0.05) is 66.7 Å². The summed E-state index contributed by atoms with van der Waals surface area (Å²) in [7, 11) is 0. The number of para-hydroxylation sites is 1. The van der Waals surface area contributed by atoms with Gasteiger partial charge in [-0.2, -0.15) is 0 Å². The third-order valence-corrected chi connectivity index (χ3v) is 5.93. The number of aromatic nitrogens is 3. The molecule has 0 radical (unpaired) electrons. The molecular formula is C21H23N5OS. The van der Waals surface area contributed by atoms with Crippen molar-refractivity contribution >= 4 is 23.4 Å². The highest BCUT2D eigenvalue weighted by Crippen LogP contribution is 2.37.